The molecule has 3 aromatic carbocycles. The van der Waals surface area contributed by atoms with Crippen LogP contribution in [0.3, 0.4) is 0 Å². The highest BCUT2D eigenvalue weighted by Gasteiger charge is 2.41. The van der Waals surface area contributed by atoms with Gasteiger partial charge >= 0.3 is 0 Å². The maximum Gasteiger partial charge on any atom is 0.282 e. The van der Waals surface area contributed by atoms with E-state index in [1.807, 2.05) is 6.92 Å². The van der Waals surface area contributed by atoms with E-state index in [2.05, 4.69) is 5.32 Å². The number of ether oxygens (including phenoxy) is 1. The number of nitrogens with zero attached hydrogens (tertiary/aromatic N) is 1. The van der Waals surface area contributed by atoms with Gasteiger partial charge in [0, 0.05) is 5.69 Å². The third kappa shape index (κ3) is 4.02. The molecule has 0 saturated carbocycles. The van der Waals surface area contributed by atoms with E-state index in [9.17, 15) is 14.0 Å². The van der Waals surface area contributed by atoms with Gasteiger partial charge in [0.25, 0.3) is 11.8 Å². The summed E-state index contributed by atoms with van der Waals surface area (Å²) in [6, 6.07) is 19.1. The third-order valence-electron chi connectivity index (χ3n) is 4.73. The van der Waals surface area contributed by atoms with E-state index in [4.69, 9.17) is 16.3 Å². The minimum atomic E-state index is -0.578. The van der Waals surface area contributed by atoms with Crippen LogP contribution in [0.2, 0.25) is 5.02 Å². The highest BCUT2D eigenvalue weighted by molar-refractivity contribution is 6.48. The van der Waals surface area contributed by atoms with Crippen molar-refractivity contribution in [3.8, 4) is 5.75 Å². The number of carbonyl (C=O) groups excluding carboxylic acids is 2. The van der Waals surface area contributed by atoms with Crippen LogP contribution in [0.5, 0.6) is 5.75 Å². The molecule has 0 aliphatic carbocycles. The number of rotatable bonds is 6. The van der Waals surface area contributed by atoms with E-state index in [0.717, 1.165) is 4.90 Å². The Morgan fingerprint density at radius 3 is 2.39 bits per heavy atom. The minimum Gasteiger partial charge on any atom is -0.494 e. The first-order valence-electron chi connectivity index (χ1n) is 9.63. The van der Waals surface area contributed by atoms with Crippen molar-refractivity contribution in [2.24, 2.45) is 0 Å². The summed E-state index contributed by atoms with van der Waals surface area (Å²) < 4.78 is 19.2. The van der Waals surface area contributed by atoms with Gasteiger partial charge in [0.05, 0.1) is 22.9 Å². The quantitative estimate of drug-likeness (QED) is 0.534. The molecule has 0 spiro atoms. The lowest BCUT2D eigenvalue weighted by Gasteiger charge is -2.16. The Labute approximate surface area is 183 Å². The second-order valence-corrected chi connectivity index (χ2v) is 7.15. The lowest BCUT2D eigenvalue weighted by Crippen LogP contribution is -2.32. The van der Waals surface area contributed by atoms with Crippen molar-refractivity contribution in [3.05, 3.63) is 94.9 Å². The number of hydrogen-bond donors (Lipinski definition) is 1. The molecule has 7 heteroatoms. The zero-order chi connectivity index (χ0) is 22.0. The minimum absolute atomic E-state index is 0.0414. The van der Waals surface area contributed by atoms with Crippen molar-refractivity contribution >= 4 is 40.4 Å². The predicted molar refractivity (Wildman–Crippen MR) is 118 cm³/mol. The first kappa shape index (κ1) is 20.6. The molecule has 0 atom stereocenters. The fourth-order valence-corrected chi connectivity index (χ4v) is 3.58. The van der Waals surface area contributed by atoms with Gasteiger partial charge < -0.3 is 10.1 Å². The molecule has 31 heavy (non-hydrogen) atoms. The molecular weight excluding hydrogens is 419 g/mol. The molecule has 1 heterocycles. The van der Waals surface area contributed by atoms with Crippen LogP contribution in [0, 0.1) is 5.82 Å². The molecule has 0 fully saturated rings. The van der Waals surface area contributed by atoms with E-state index in [0.29, 0.717) is 23.6 Å². The van der Waals surface area contributed by atoms with Crippen LogP contribution >= 0.6 is 11.6 Å². The van der Waals surface area contributed by atoms with E-state index in [-0.39, 0.29) is 22.0 Å². The molecule has 1 N–H and O–H groups in total. The summed E-state index contributed by atoms with van der Waals surface area (Å²) >= 11 is 6.26. The van der Waals surface area contributed by atoms with Gasteiger partial charge in [-0.3, -0.25) is 9.59 Å². The van der Waals surface area contributed by atoms with Crippen LogP contribution < -0.4 is 15.0 Å². The van der Waals surface area contributed by atoms with Crippen LogP contribution in [-0.4, -0.2) is 18.4 Å². The monoisotopic (exact) mass is 436 g/mol. The van der Waals surface area contributed by atoms with Crippen molar-refractivity contribution < 1.29 is 18.7 Å². The first-order valence-corrected chi connectivity index (χ1v) is 10.0. The van der Waals surface area contributed by atoms with Gasteiger partial charge in [0.15, 0.2) is 0 Å². The second-order valence-electron chi connectivity index (χ2n) is 6.74. The smallest absolute Gasteiger partial charge is 0.282 e. The topological polar surface area (TPSA) is 58.6 Å². The van der Waals surface area contributed by atoms with Crippen LogP contribution in [0.4, 0.5) is 15.8 Å². The normalized spacial score (nSPS) is 13.7. The Balaban J connectivity index is 1.81. The molecule has 0 saturated heterocycles. The lowest BCUT2D eigenvalue weighted by atomic mass is 10.0. The summed E-state index contributed by atoms with van der Waals surface area (Å²) in [4.78, 5) is 27.7. The third-order valence-corrected chi connectivity index (χ3v) is 5.04. The molecule has 1 aliphatic rings. The van der Waals surface area contributed by atoms with Crippen LogP contribution in [0.15, 0.2) is 78.5 Å². The number of imide groups is 1. The van der Waals surface area contributed by atoms with Crippen molar-refractivity contribution in [3.63, 3.8) is 0 Å². The Morgan fingerprint density at radius 2 is 1.71 bits per heavy atom. The van der Waals surface area contributed by atoms with E-state index in [1.54, 1.807) is 54.6 Å². The number of nitrogens with one attached hydrogen (secondary N) is 1. The van der Waals surface area contributed by atoms with Crippen LogP contribution in [0.25, 0.3) is 5.57 Å². The zero-order valence-corrected chi connectivity index (χ0v) is 17.3. The van der Waals surface area contributed by atoms with Gasteiger partial charge in [0.2, 0.25) is 0 Å². The Kier molecular flexibility index (Phi) is 5.73. The van der Waals surface area contributed by atoms with Crippen molar-refractivity contribution in [1.29, 1.82) is 0 Å². The number of carbonyl (C=O) groups is 2. The molecular formula is C24H18ClFN2O3. The highest BCUT2D eigenvalue weighted by Crippen LogP contribution is 2.37. The summed E-state index contributed by atoms with van der Waals surface area (Å²) in [5.74, 6) is -0.924. The molecule has 5 nitrogen and oxygen atoms in total. The van der Waals surface area contributed by atoms with E-state index < -0.39 is 17.6 Å². The SMILES string of the molecule is CCOc1ccc(C2=C(Nc3cccc(F)c3)C(=O)N(c3ccccc3Cl)C2=O)cc1. The summed E-state index contributed by atoms with van der Waals surface area (Å²) in [5, 5.41) is 3.19. The average Bonchev–Trinajstić information content (AvgIpc) is 2.99. The van der Waals surface area contributed by atoms with Crippen molar-refractivity contribution in [2.45, 2.75) is 6.92 Å². The largest absolute Gasteiger partial charge is 0.494 e. The fraction of sp³-hybridized carbons (Fsp3) is 0.0833. The van der Waals surface area contributed by atoms with E-state index in [1.165, 1.54) is 18.2 Å². The predicted octanol–water partition coefficient (Wildman–Crippen LogP) is 5.27. The summed E-state index contributed by atoms with van der Waals surface area (Å²) in [5.41, 5.74) is 1.35. The molecule has 0 bridgehead atoms. The molecule has 1 aliphatic heterocycles. The van der Waals surface area contributed by atoms with Crippen molar-refractivity contribution in [1.82, 2.24) is 0 Å². The number of benzene rings is 3. The van der Waals surface area contributed by atoms with Gasteiger partial charge in [0.1, 0.15) is 17.3 Å². The fourth-order valence-electron chi connectivity index (χ4n) is 3.36. The molecule has 0 aromatic heterocycles. The van der Waals surface area contributed by atoms with Gasteiger partial charge in [-0.25, -0.2) is 9.29 Å². The zero-order valence-electron chi connectivity index (χ0n) is 16.6. The van der Waals surface area contributed by atoms with Gasteiger partial charge in [-0.1, -0.05) is 41.9 Å². The Hall–Kier alpha value is -3.64. The van der Waals surface area contributed by atoms with E-state index >= 15 is 0 Å². The second kappa shape index (κ2) is 8.62. The number of hydrogen-bond acceptors (Lipinski definition) is 4. The molecule has 0 unspecified atom stereocenters. The molecule has 3 aromatic rings. The summed E-state index contributed by atoms with van der Waals surface area (Å²) in [6.45, 7) is 2.38. The van der Waals surface area contributed by atoms with Crippen LogP contribution in [0.1, 0.15) is 12.5 Å². The average molecular weight is 437 g/mol. The van der Waals surface area contributed by atoms with Gasteiger partial charge in [-0.15, -0.1) is 0 Å². The first-order chi connectivity index (χ1) is 15.0. The Morgan fingerprint density at radius 1 is 0.968 bits per heavy atom. The molecule has 0 radical (unpaired) electrons. The number of para-hydroxylation sites is 1. The van der Waals surface area contributed by atoms with Crippen LogP contribution in [-0.2, 0) is 9.59 Å². The molecule has 4 rings (SSSR count). The number of halogens is 2. The summed E-state index contributed by atoms with van der Waals surface area (Å²) in [6.07, 6.45) is 0. The number of amides is 2. The lowest BCUT2D eigenvalue weighted by molar-refractivity contribution is -0.120. The highest BCUT2D eigenvalue weighted by atomic mass is 35.5. The maximum atomic E-state index is 13.7. The van der Waals surface area contributed by atoms with Gasteiger partial charge in [-0.05, 0) is 55.0 Å². The number of anilines is 2. The van der Waals surface area contributed by atoms with Gasteiger partial charge in [-0.2, -0.15) is 0 Å². The Bertz CT molecular complexity index is 1190. The molecule has 2 amide bonds. The maximum absolute atomic E-state index is 13.7. The standard InChI is InChI=1S/C24H18ClFN2O3/c1-2-31-18-12-10-15(11-13-18)21-22(27-17-7-5-6-16(26)14-17)24(30)28(23(21)29)20-9-4-3-8-19(20)25/h3-14,27H,2H2,1H3. The summed E-state index contributed by atoms with van der Waals surface area (Å²) in [7, 11) is 0. The van der Waals surface area contributed by atoms with Crippen molar-refractivity contribution in [2.75, 3.05) is 16.8 Å². The molecule has 156 valence electrons.